The van der Waals surface area contributed by atoms with Gasteiger partial charge in [-0.2, -0.15) is 0 Å². The van der Waals surface area contributed by atoms with E-state index in [0.29, 0.717) is 0 Å². The van der Waals surface area contributed by atoms with Crippen LogP contribution in [0.1, 0.15) is 52.9 Å². The summed E-state index contributed by atoms with van der Waals surface area (Å²) in [4.78, 5) is 0. The summed E-state index contributed by atoms with van der Waals surface area (Å²) in [6, 6.07) is 8.52. The van der Waals surface area contributed by atoms with Gasteiger partial charge in [0.15, 0.2) is 0 Å². The van der Waals surface area contributed by atoms with Gasteiger partial charge >= 0.3 is 0 Å². The van der Waals surface area contributed by atoms with Crippen LogP contribution < -0.4 is 4.74 Å². The molecule has 0 radical (unpaired) electrons. The Kier molecular flexibility index (Phi) is 5.51. The minimum atomic E-state index is 0.220. The van der Waals surface area contributed by atoms with E-state index in [1.54, 1.807) is 0 Å². The average molecular weight is 273 g/mol. The van der Waals surface area contributed by atoms with Crippen molar-refractivity contribution in [3.05, 3.63) is 30.5 Å². The summed E-state index contributed by atoms with van der Waals surface area (Å²) in [6.45, 7) is 7.52. The molecule has 0 saturated heterocycles. The number of aryl methyl sites for hydroxylation is 1. The van der Waals surface area contributed by atoms with Gasteiger partial charge in [-0.15, -0.1) is 0 Å². The maximum Gasteiger partial charge on any atom is 0.129 e. The van der Waals surface area contributed by atoms with Crippen LogP contribution in [-0.4, -0.2) is 10.7 Å². The Morgan fingerprint density at radius 2 is 1.85 bits per heavy atom. The van der Waals surface area contributed by atoms with Crippen molar-refractivity contribution in [1.29, 1.82) is 0 Å². The predicted octanol–water partition coefficient (Wildman–Crippen LogP) is 5.40. The molecular weight excluding hydrogens is 246 g/mol. The van der Waals surface area contributed by atoms with E-state index in [0.717, 1.165) is 12.3 Å². The minimum absolute atomic E-state index is 0.220. The number of hydrogen-bond donors (Lipinski definition) is 0. The number of benzene rings is 1. The zero-order valence-electron chi connectivity index (χ0n) is 13.1. The van der Waals surface area contributed by atoms with Crippen molar-refractivity contribution in [2.24, 2.45) is 0 Å². The van der Waals surface area contributed by atoms with E-state index in [1.165, 1.54) is 43.0 Å². The van der Waals surface area contributed by atoms with Crippen LogP contribution in [-0.2, 0) is 6.54 Å². The summed E-state index contributed by atoms with van der Waals surface area (Å²) < 4.78 is 8.24. The van der Waals surface area contributed by atoms with Crippen LogP contribution in [0.15, 0.2) is 30.5 Å². The molecule has 2 aromatic rings. The van der Waals surface area contributed by atoms with Crippen LogP contribution in [0.3, 0.4) is 0 Å². The fraction of sp³-hybridized carbons (Fsp3) is 0.556. The normalized spacial score (nSPS) is 11.4. The zero-order chi connectivity index (χ0) is 14.4. The molecule has 110 valence electrons. The van der Waals surface area contributed by atoms with Gasteiger partial charge < -0.3 is 9.30 Å². The molecule has 0 aliphatic heterocycles. The average Bonchev–Trinajstić information content (AvgIpc) is 2.82. The molecule has 2 heteroatoms. The molecule has 20 heavy (non-hydrogen) atoms. The predicted molar refractivity (Wildman–Crippen MR) is 86.5 cm³/mol. The van der Waals surface area contributed by atoms with Gasteiger partial charge in [0.25, 0.3) is 0 Å². The van der Waals surface area contributed by atoms with Gasteiger partial charge in [-0.3, -0.25) is 0 Å². The van der Waals surface area contributed by atoms with Crippen molar-refractivity contribution in [2.75, 3.05) is 0 Å². The molecule has 1 aromatic carbocycles. The molecule has 0 amide bonds. The summed E-state index contributed by atoms with van der Waals surface area (Å²) in [5, 5.41) is 1.23. The highest BCUT2D eigenvalue weighted by Gasteiger charge is 2.07. The number of hydrogen-bond acceptors (Lipinski definition) is 1. The third kappa shape index (κ3) is 3.78. The van der Waals surface area contributed by atoms with E-state index in [4.69, 9.17) is 4.74 Å². The highest BCUT2D eigenvalue weighted by Crippen LogP contribution is 2.27. The summed E-state index contributed by atoms with van der Waals surface area (Å²) in [7, 11) is 0. The fourth-order valence-electron chi connectivity index (χ4n) is 2.63. The third-order valence-electron chi connectivity index (χ3n) is 3.64. The first-order valence-corrected chi connectivity index (χ1v) is 7.97. The van der Waals surface area contributed by atoms with Gasteiger partial charge in [-0.1, -0.05) is 38.7 Å². The molecule has 0 bridgehead atoms. The molecule has 0 aliphatic carbocycles. The lowest BCUT2D eigenvalue weighted by atomic mass is 10.1. The minimum Gasteiger partial charge on any atom is -0.490 e. The number of fused-ring (bicyclic) bond motifs is 1. The smallest absolute Gasteiger partial charge is 0.129 e. The molecule has 0 atom stereocenters. The second-order valence-electron chi connectivity index (χ2n) is 5.78. The van der Waals surface area contributed by atoms with E-state index < -0.39 is 0 Å². The summed E-state index contributed by atoms with van der Waals surface area (Å²) >= 11 is 0. The van der Waals surface area contributed by atoms with Crippen LogP contribution >= 0.6 is 0 Å². The first kappa shape index (κ1) is 15.0. The van der Waals surface area contributed by atoms with Crippen LogP contribution in [0.4, 0.5) is 0 Å². The highest BCUT2D eigenvalue weighted by molar-refractivity contribution is 5.86. The van der Waals surface area contributed by atoms with Crippen molar-refractivity contribution in [3.8, 4) is 5.75 Å². The summed E-state index contributed by atoms with van der Waals surface area (Å²) in [5.41, 5.74) is 1.29. The molecular formula is C18H27NO. The number of nitrogens with zero attached hydrogens (tertiary/aromatic N) is 1. The third-order valence-corrected chi connectivity index (χ3v) is 3.64. The SMILES string of the molecule is CCCCCCCn1ccc2c(OC(C)C)cccc21. The molecule has 0 unspecified atom stereocenters. The lowest BCUT2D eigenvalue weighted by Gasteiger charge is -2.11. The van der Waals surface area contributed by atoms with Gasteiger partial charge in [0, 0.05) is 18.1 Å². The standard InChI is InChI=1S/C18H27NO/c1-4-5-6-7-8-13-19-14-12-16-17(19)10-9-11-18(16)20-15(2)3/h9-12,14-15H,4-8,13H2,1-3H3. The van der Waals surface area contributed by atoms with Crippen LogP contribution in [0.25, 0.3) is 10.9 Å². The topological polar surface area (TPSA) is 14.2 Å². The molecule has 0 saturated carbocycles. The van der Waals surface area contributed by atoms with Crippen molar-refractivity contribution >= 4 is 10.9 Å². The molecule has 1 heterocycles. The van der Waals surface area contributed by atoms with E-state index in [9.17, 15) is 0 Å². The number of unbranched alkanes of at least 4 members (excludes halogenated alkanes) is 4. The van der Waals surface area contributed by atoms with Gasteiger partial charge in [-0.25, -0.2) is 0 Å². The Morgan fingerprint density at radius 3 is 2.60 bits per heavy atom. The monoisotopic (exact) mass is 273 g/mol. The van der Waals surface area contributed by atoms with Crippen molar-refractivity contribution < 1.29 is 4.74 Å². The van der Waals surface area contributed by atoms with E-state index >= 15 is 0 Å². The van der Waals surface area contributed by atoms with E-state index in [2.05, 4.69) is 55.8 Å². The number of ether oxygens (including phenoxy) is 1. The molecule has 0 aliphatic rings. The number of rotatable bonds is 8. The second-order valence-corrected chi connectivity index (χ2v) is 5.78. The number of aromatic nitrogens is 1. The van der Waals surface area contributed by atoms with Gasteiger partial charge in [-0.05, 0) is 38.5 Å². The highest BCUT2D eigenvalue weighted by atomic mass is 16.5. The zero-order valence-corrected chi connectivity index (χ0v) is 13.1. The summed E-state index contributed by atoms with van der Waals surface area (Å²) in [5.74, 6) is 1.00. The van der Waals surface area contributed by atoms with Gasteiger partial charge in [0.2, 0.25) is 0 Å². The van der Waals surface area contributed by atoms with Crippen molar-refractivity contribution in [2.45, 2.75) is 65.5 Å². The Morgan fingerprint density at radius 1 is 1.05 bits per heavy atom. The van der Waals surface area contributed by atoms with Crippen LogP contribution in [0.5, 0.6) is 5.75 Å². The molecule has 0 spiro atoms. The van der Waals surface area contributed by atoms with Gasteiger partial charge in [0.05, 0.1) is 11.6 Å². The van der Waals surface area contributed by atoms with E-state index in [1.807, 2.05) is 0 Å². The first-order valence-electron chi connectivity index (χ1n) is 7.97. The lowest BCUT2D eigenvalue weighted by molar-refractivity contribution is 0.245. The Labute approximate surface area is 122 Å². The lowest BCUT2D eigenvalue weighted by Crippen LogP contribution is -2.05. The maximum atomic E-state index is 5.89. The molecule has 0 fully saturated rings. The fourth-order valence-corrected chi connectivity index (χ4v) is 2.63. The van der Waals surface area contributed by atoms with Crippen LogP contribution in [0.2, 0.25) is 0 Å². The largest absolute Gasteiger partial charge is 0.490 e. The quantitative estimate of drug-likeness (QED) is 0.587. The van der Waals surface area contributed by atoms with Gasteiger partial charge in [0.1, 0.15) is 5.75 Å². The second kappa shape index (κ2) is 7.37. The van der Waals surface area contributed by atoms with Crippen molar-refractivity contribution in [3.63, 3.8) is 0 Å². The molecule has 0 N–H and O–H groups in total. The van der Waals surface area contributed by atoms with E-state index in [-0.39, 0.29) is 6.10 Å². The van der Waals surface area contributed by atoms with Crippen LogP contribution in [0, 0.1) is 0 Å². The Balaban J connectivity index is 2.04. The molecule has 1 aromatic heterocycles. The Bertz CT molecular complexity index is 527. The molecule has 2 nitrogen and oxygen atoms in total. The van der Waals surface area contributed by atoms with Crippen molar-refractivity contribution in [1.82, 2.24) is 4.57 Å². The summed E-state index contributed by atoms with van der Waals surface area (Å²) in [6.07, 6.45) is 9.03. The Hall–Kier alpha value is -1.44. The molecule has 2 rings (SSSR count). The maximum absolute atomic E-state index is 5.89. The first-order chi connectivity index (χ1) is 9.72.